The molecular weight excluding hydrogens is 292 g/mol. The first kappa shape index (κ1) is 16.8. The minimum absolute atomic E-state index is 0.144. The van der Waals surface area contributed by atoms with Gasteiger partial charge in [0.25, 0.3) is 0 Å². The minimum atomic E-state index is -0.248. The number of hydrogen-bond donors (Lipinski definition) is 0. The largest absolute Gasteiger partial charge is 0.465 e. The number of hydrogen-bond acceptors (Lipinski definition) is 4. The molecule has 3 fully saturated rings. The van der Waals surface area contributed by atoms with Gasteiger partial charge in [-0.1, -0.05) is 26.7 Å². The molecule has 4 atom stereocenters. The van der Waals surface area contributed by atoms with Crippen LogP contribution in [0.2, 0.25) is 0 Å². The molecule has 0 saturated heterocycles. The summed E-state index contributed by atoms with van der Waals surface area (Å²) in [5.74, 6) is -0.0797. The Labute approximate surface area is 139 Å². The van der Waals surface area contributed by atoms with E-state index in [9.17, 15) is 9.59 Å². The second-order valence-corrected chi connectivity index (χ2v) is 7.62. The molecule has 23 heavy (non-hydrogen) atoms. The van der Waals surface area contributed by atoms with Crippen molar-refractivity contribution < 1.29 is 19.1 Å². The Kier molecular flexibility index (Phi) is 4.98. The summed E-state index contributed by atoms with van der Waals surface area (Å²) in [7, 11) is 0. The molecule has 0 N–H and O–H groups in total. The average molecular weight is 322 g/mol. The van der Waals surface area contributed by atoms with Crippen LogP contribution in [0.15, 0.2) is 0 Å². The van der Waals surface area contributed by atoms with Crippen molar-refractivity contribution in [3.63, 3.8) is 0 Å². The maximum atomic E-state index is 12.6. The van der Waals surface area contributed by atoms with Gasteiger partial charge in [0.15, 0.2) is 0 Å². The zero-order chi connectivity index (χ0) is 16.4. The van der Waals surface area contributed by atoms with Crippen molar-refractivity contribution in [2.45, 2.75) is 65.2 Å². The molecule has 0 aromatic heterocycles. The van der Waals surface area contributed by atoms with E-state index in [4.69, 9.17) is 9.47 Å². The van der Waals surface area contributed by atoms with Crippen LogP contribution in [-0.4, -0.2) is 25.2 Å². The summed E-state index contributed by atoms with van der Waals surface area (Å²) in [6, 6.07) is 0. The molecule has 4 heteroatoms. The summed E-state index contributed by atoms with van der Waals surface area (Å²) in [5.41, 5.74) is 0.267. The van der Waals surface area contributed by atoms with Gasteiger partial charge in [-0.05, 0) is 55.8 Å². The summed E-state index contributed by atoms with van der Waals surface area (Å²) in [6.07, 6.45) is 8.33. The first-order chi connectivity index (χ1) is 11.2. The second-order valence-electron chi connectivity index (χ2n) is 7.62. The molecule has 4 nitrogen and oxygen atoms in total. The molecule has 3 aliphatic rings. The molecule has 0 aromatic rings. The van der Waals surface area contributed by atoms with Crippen molar-refractivity contribution in [3.05, 3.63) is 0 Å². The lowest BCUT2D eigenvalue weighted by Gasteiger charge is -2.27. The third-order valence-corrected chi connectivity index (χ3v) is 6.38. The Morgan fingerprint density at radius 2 is 1.30 bits per heavy atom. The third-order valence-electron chi connectivity index (χ3n) is 6.38. The lowest BCUT2D eigenvalue weighted by molar-refractivity contribution is -0.163. The van der Waals surface area contributed by atoms with E-state index in [1.54, 1.807) is 0 Å². The van der Waals surface area contributed by atoms with E-state index >= 15 is 0 Å². The lowest BCUT2D eigenvalue weighted by atomic mass is 9.79. The summed E-state index contributed by atoms with van der Waals surface area (Å²) < 4.78 is 11.0. The van der Waals surface area contributed by atoms with Crippen LogP contribution in [0.4, 0.5) is 0 Å². The predicted molar refractivity (Wildman–Crippen MR) is 86.6 cm³/mol. The van der Waals surface area contributed by atoms with Gasteiger partial charge in [0.1, 0.15) is 0 Å². The highest BCUT2D eigenvalue weighted by Gasteiger charge is 2.72. The zero-order valence-electron chi connectivity index (χ0n) is 14.5. The van der Waals surface area contributed by atoms with Crippen LogP contribution >= 0.6 is 0 Å². The maximum Gasteiger partial charge on any atom is 0.310 e. The lowest BCUT2D eigenvalue weighted by Crippen LogP contribution is -2.37. The fourth-order valence-corrected chi connectivity index (χ4v) is 5.12. The second kappa shape index (κ2) is 6.82. The van der Waals surface area contributed by atoms with Gasteiger partial charge >= 0.3 is 11.9 Å². The number of unbranched alkanes of at least 4 members (excludes halogenated alkanes) is 2. The Balaban J connectivity index is 1.69. The molecular formula is C19H30O4. The van der Waals surface area contributed by atoms with Gasteiger partial charge in [0.2, 0.25) is 0 Å². The molecule has 3 aliphatic carbocycles. The molecule has 130 valence electrons. The van der Waals surface area contributed by atoms with E-state index in [1.165, 1.54) is 12.8 Å². The maximum absolute atomic E-state index is 12.6. The molecule has 0 radical (unpaired) electrons. The molecule has 2 bridgehead atoms. The minimum Gasteiger partial charge on any atom is -0.465 e. The average Bonchev–Trinajstić information content (AvgIpc) is 3.21. The summed E-state index contributed by atoms with van der Waals surface area (Å²) in [4.78, 5) is 25.3. The van der Waals surface area contributed by atoms with Gasteiger partial charge in [-0.15, -0.1) is 0 Å². The number of carbonyl (C=O) groups excluding carboxylic acids is 2. The molecule has 0 aliphatic heterocycles. The Hall–Kier alpha value is -1.06. The van der Waals surface area contributed by atoms with Gasteiger partial charge in [-0.2, -0.15) is 0 Å². The van der Waals surface area contributed by atoms with E-state index < -0.39 is 0 Å². The number of ether oxygens (including phenoxy) is 2. The van der Waals surface area contributed by atoms with Crippen molar-refractivity contribution in [2.24, 2.45) is 29.1 Å². The van der Waals surface area contributed by atoms with Gasteiger partial charge < -0.3 is 9.47 Å². The fraction of sp³-hybridized carbons (Fsp3) is 0.895. The van der Waals surface area contributed by atoms with Crippen LogP contribution in [0.3, 0.4) is 0 Å². The van der Waals surface area contributed by atoms with Crippen molar-refractivity contribution in [2.75, 3.05) is 13.2 Å². The van der Waals surface area contributed by atoms with Crippen molar-refractivity contribution in [1.82, 2.24) is 0 Å². The number of carbonyl (C=O) groups is 2. The zero-order valence-corrected chi connectivity index (χ0v) is 14.5. The summed E-state index contributed by atoms with van der Waals surface area (Å²) >= 11 is 0. The van der Waals surface area contributed by atoms with Crippen molar-refractivity contribution in [3.8, 4) is 0 Å². The van der Waals surface area contributed by atoms with E-state index in [1.807, 2.05) is 0 Å². The van der Waals surface area contributed by atoms with E-state index in [-0.39, 0.29) is 29.2 Å². The quantitative estimate of drug-likeness (QED) is 0.505. The normalized spacial score (nSPS) is 33.0. The van der Waals surface area contributed by atoms with Crippen LogP contribution in [0.5, 0.6) is 0 Å². The molecule has 3 rings (SSSR count). The Morgan fingerprint density at radius 3 is 1.65 bits per heavy atom. The van der Waals surface area contributed by atoms with Gasteiger partial charge in [-0.3, -0.25) is 9.59 Å². The molecule has 0 amide bonds. The van der Waals surface area contributed by atoms with Crippen molar-refractivity contribution >= 4 is 11.9 Å². The predicted octanol–water partition coefficient (Wildman–Crippen LogP) is 3.73. The highest BCUT2D eigenvalue weighted by atomic mass is 16.5. The number of rotatable bonds is 8. The third kappa shape index (κ3) is 2.89. The number of esters is 2. The molecule has 0 heterocycles. The van der Waals surface area contributed by atoms with Gasteiger partial charge in [0.05, 0.1) is 25.0 Å². The molecule has 4 unspecified atom stereocenters. The standard InChI is InChI=1S/C19H30O4/c1-3-5-11-22-17(20)15-13-7-8-14(19(13)9-10-19)16(15)18(21)23-12-6-4-2/h13-16H,3-12H2,1-2H3. The summed E-state index contributed by atoms with van der Waals surface area (Å²) in [5, 5.41) is 0. The van der Waals surface area contributed by atoms with Crippen LogP contribution in [0.1, 0.15) is 65.2 Å². The molecule has 3 saturated carbocycles. The first-order valence-electron chi connectivity index (χ1n) is 9.49. The first-order valence-corrected chi connectivity index (χ1v) is 9.49. The fourth-order valence-electron chi connectivity index (χ4n) is 5.12. The summed E-state index contributed by atoms with van der Waals surface area (Å²) in [6.45, 7) is 5.12. The van der Waals surface area contributed by atoms with Gasteiger partial charge in [-0.25, -0.2) is 0 Å². The van der Waals surface area contributed by atoms with E-state index in [2.05, 4.69) is 13.8 Å². The van der Waals surface area contributed by atoms with E-state index in [0.29, 0.717) is 25.0 Å². The van der Waals surface area contributed by atoms with Crippen LogP contribution in [0.25, 0.3) is 0 Å². The Morgan fingerprint density at radius 1 is 0.870 bits per heavy atom. The van der Waals surface area contributed by atoms with Crippen LogP contribution < -0.4 is 0 Å². The highest BCUT2D eigenvalue weighted by molar-refractivity contribution is 5.84. The monoisotopic (exact) mass is 322 g/mol. The SMILES string of the molecule is CCCCOC(=O)C1C(C(=O)OCCCC)C2CCC1C21CC1. The van der Waals surface area contributed by atoms with Gasteiger partial charge in [0, 0.05) is 0 Å². The van der Waals surface area contributed by atoms with Crippen LogP contribution in [0, 0.1) is 29.1 Å². The molecule has 0 aromatic carbocycles. The van der Waals surface area contributed by atoms with Crippen molar-refractivity contribution in [1.29, 1.82) is 0 Å². The Bertz CT molecular complexity index is 416. The topological polar surface area (TPSA) is 52.6 Å². The van der Waals surface area contributed by atoms with E-state index in [0.717, 1.165) is 38.5 Å². The highest BCUT2D eigenvalue weighted by Crippen LogP contribution is 2.74. The van der Waals surface area contributed by atoms with Crippen LogP contribution in [-0.2, 0) is 19.1 Å². The smallest absolute Gasteiger partial charge is 0.310 e. The molecule has 1 spiro atoms.